The lowest BCUT2D eigenvalue weighted by Crippen LogP contribution is -2.28. The number of carbonyl (C=O) groups excluding carboxylic acids is 2. The van der Waals surface area contributed by atoms with Gasteiger partial charge in [0.25, 0.3) is 0 Å². The molecule has 1 aromatic rings. The van der Waals surface area contributed by atoms with Gasteiger partial charge in [-0.3, -0.25) is 9.69 Å². The van der Waals surface area contributed by atoms with Crippen LogP contribution < -0.4 is 4.90 Å². The van der Waals surface area contributed by atoms with Crippen LogP contribution in [0.4, 0.5) is 5.69 Å². The summed E-state index contributed by atoms with van der Waals surface area (Å²) in [5.74, 6) is -0.854. The van der Waals surface area contributed by atoms with Crippen molar-refractivity contribution in [3.05, 3.63) is 40.4 Å². The number of nitrogens with zero attached hydrogens (tertiary/aromatic N) is 2. The molecule has 1 fully saturated rings. The van der Waals surface area contributed by atoms with Crippen molar-refractivity contribution in [2.45, 2.75) is 26.0 Å². The van der Waals surface area contributed by atoms with Gasteiger partial charge < -0.3 is 4.74 Å². The number of hydrogen-bond donors (Lipinski definition) is 0. The zero-order chi connectivity index (χ0) is 16.3. The quantitative estimate of drug-likeness (QED) is 0.487. The van der Waals surface area contributed by atoms with E-state index < -0.39 is 5.97 Å². The lowest BCUT2D eigenvalue weighted by Gasteiger charge is -2.18. The van der Waals surface area contributed by atoms with Crippen LogP contribution in [0.15, 0.2) is 34.9 Å². The van der Waals surface area contributed by atoms with E-state index in [4.69, 9.17) is 4.74 Å². The molecule has 0 saturated carbocycles. The summed E-state index contributed by atoms with van der Waals surface area (Å²) in [6.45, 7) is 5.55. The Morgan fingerprint density at radius 1 is 1.41 bits per heavy atom. The number of rotatable bonds is 3. The summed E-state index contributed by atoms with van der Waals surface area (Å²) >= 11 is 1.20. The van der Waals surface area contributed by atoms with E-state index in [-0.39, 0.29) is 23.3 Å². The van der Waals surface area contributed by atoms with Gasteiger partial charge in [0, 0.05) is 5.69 Å². The normalized spacial score (nSPS) is 19.8. The van der Waals surface area contributed by atoms with Gasteiger partial charge in [0.1, 0.15) is 11.1 Å². The van der Waals surface area contributed by atoms with E-state index in [2.05, 4.69) is 0 Å². The number of nitriles is 1. The number of ether oxygens (including phenoxy) is 1. The minimum Gasteiger partial charge on any atom is -0.462 e. The molecule has 0 aromatic heterocycles. The van der Waals surface area contributed by atoms with Crippen molar-refractivity contribution in [1.29, 1.82) is 5.26 Å². The van der Waals surface area contributed by atoms with Gasteiger partial charge >= 0.3 is 5.97 Å². The maximum atomic E-state index is 12.4. The van der Waals surface area contributed by atoms with E-state index in [1.807, 2.05) is 25.1 Å². The molecule has 1 amide bonds. The molecule has 0 bridgehead atoms. The molecule has 1 aliphatic heterocycles. The van der Waals surface area contributed by atoms with Crippen molar-refractivity contribution in [3.63, 3.8) is 0 Å². The van der Waals surface area contributed by atoms with Crippen molar-refractivity contribution in [2.24, 2.45) is 0 Å². The molecule has 0 spiro atoms. The summed E-state index contributed by atoms with van der Waals surface area (Å²) in [4.78, 5) is 25.8. The minimum atomic E-state index is -0.702. The van der Waals surface area contributed by atoms with Crippen LogP contribution in [-0.2, 0) is 14.3 Å². The van der Waals surface area contributed by atoms with Gasteiger partial charge in [-0.2, -0.15) is 5.26 Å². The fraction of sp³-hybridized carbons (Fsp3) is 0.312. The highest BCUT2D eigenvalue weighted by molar-refractivity contribution is 8.05. The molecule has 1 atom stereocenters. The van der Waals surface area contributed by atoms with Gasteiger partial charge in [-0.05, 0) is 32.9 Å². The van der Waals surface area contributed by atoms with Crippen LogP contribution in [0.1, 0.15) is 19.4 Å². The second-order valence-electron chi connectivity index (χ2n) is 4.78. The molecule has 6 heteroatoms. The maximum absolute atomic E-state index is 12.4. The lowest BCUT2D eigenvalue weighted by atomic mass is 10.2. The third-order valence-electron chi connectivity index (χ3n) is 3.16. The monoisotopic (exact) mass is 316 g/mol. The van der Waals surface area contributed by atoms with Crippen molar-refractivity contribution in [3.8, 4) is 6.07 Å². The molecule has 22 heavy (non-hydrogen) atoms. The number of carbonyl (C=O) groups is 2. The Morgan fingerprint density at radius 2 is 2.05 bits per heavy atom. The molecular formula is C16H16N2O3S. The average molecular weight is 316 g/mol. The van der Waals surface area contributed by atoms with Crippen molar-refractivity contribution in [1.82, 2.24) is 0 Å². The Labute approximate surface area is 133 Å². The Morgan fingerprint density at radius 3 is 2.59 bits per heavy atom. The Balaban J connectivity index is 2.52. The van der Waals surface area contributed by atoms with Gasteiger partial charge in [0.15, 0.2) is 5.57 Å². The standard InChI is InChI=1S/C16H16N2O3S/c1-4-21-16(20)13(9-17)15-18(14(19)11(3)22-15)12-7-5-10(2)6-8-12/h5-8,11H,4H2,1-3H3/b15-13+. The largest absolute Gasteiger partial charge is 0.462 e. The third-order valence-corrected chi connectivity index (χ3v) is 4.32. The number of aryl methyl sites for hydroxylation is 1. The highest BCUT2D eigenvalue weighted by atomic mass is 32.2. The molecular weight excluding hydrogens is 300 g/mol. The molecule has 1 aromatic carbocycles. The van der Waals surface area contributed by atoms with Crippen molar-refractivity contribution < 1.29 is 14.3 Å². The summed E-state index contributed by atoms with van der Waals surface area (Å²) in [6.07, 6.45) is 0. The first kappa shape index (κ1) is 16.1. The highest BCUT2D eigenvalue weighted by Crippen LogP contribution is 2.40. The van der Waals surface area contributed by atoms with Crippen LogP contribution in [0.2, 0.25) is 0 Å². The Hall–Kier alpha value is -2.26. The second-order valence-corrected chi connectivity index (χ2v) is 6.11. The van der Waals surface area contributed by atoms with Gasteiger partial charge in [0.2, 0.25) is 5.91 Å². The topological polar surface area (TPSA) is 70.4 Å². The van der Waals surface area contributed by atoms with E-state index >= 15 is 0 Å². The predicted octanol–water partition coefficient (Wildman–Crippen LogP) is 2.76. The SMILES string of the molecule is CCOC(=O)/C(C#N)=C1/SC(C)C(=O)N1c1ccc(C)cc1. The molecule has 5 nitrogen and oxygen atoms in total. The first-order valence-electron chi connectivity index (χ1n) is 6.88. The molecule has 1 unspecified atom stereocenters. The molecule has 0 aliphatic carbocycles. The van der Waals surface area contributed by atoms with Crippen LogP contribution in [0.3, 0.4) is 0 Å². The Bertz CT molecular complexity index is 674. The molecule has 2 rings (SSSR count). The molecule has 114 valence electrons. The predicted molar refractivity (Wildman–Crippen MR) is 85.0 cm³/mol. The van der Waals surface area contributed by atoms with Crippen LogP contribution in [0, 0.1) is 18.3 Å². The van der Waals surface area contributed by atoms with Crippen molar-refractivity contribution >= 4 is 29.3 Å². The lowest BCUT2D eigenvalue weighted by molar-refractivity contribution is -0.138. The number of benzene rings is 1. The summed E-state index contributed by atoms with van der Waals surface area (Å²) in [6, 6.07) is 9.22. The number of esters is 1. The van der Waals surface area contributed by atoms with Gasteiger partial charge in [-0.25, -0.2) is 4.79 Å². The van der Waals surface area contributed by atoms with Crippen LogP contribution in [0.25, 0.3) is 0 Å². The number of thioether (sulfide) groups is 1. The summed E-state index contributed by atoms with van der Waals surface area (Å²) in [5.41, 5.74) is 1.57. The van der Waals surface area contributed by atoms with E-state index in [0.29, 0.717) is 10.7 Å². The smallest absolute Gasteiger partial charge is 0.351 e. The molecule has 1 aliphatic rings. The summed E-state index contributed by atoms with van der Waals surface area (Å²) in [7, 11) is 0. The highest BCUT2D eigenvalue weighted by Gasteiger charge is 2.38. The van der Waals surface area contributed by atoms with Crippen LogP contribution in [0.5, 0.6) is 0 Å². The average Bonchev–Trinajstić information content (AvgIpc) is 2.77. The maximum Gasteiger partial charge on any atom is 0.351 e. The summed E-state index contributed by atoms with van der Waals surface area (Å²) in [5, 5.41) is 9.29. The molecule has 1 saturated heterocycles. The first-order valence-corrected chi connectivity index (χ1v) is 7.76. The van der Waals surface area contributed by atoms with Gasteiger partial charge in [-0.1, -0.05) is 29.5 Å². The fourth-order valence-corrected chi connectivity index (χ4v) is 3.13. The second kappa shape index (κ2) is 6.67. The van der Waals surface area contributed by atoms with Crippen molar-refractivity contribution in [2.75, 3.05) is 11.5 Å². The zero-order valence-corrected chi connectivity index (χ0v) is 13.4. The number of hydrogen-bond acceptors (Lipinski definition) is 5. The zero-order valence-electron chi connectivity index (χ0n) is 12.6. The van der Waals surface area contributed by atoms with E-state index in [0.717, 1.165) is 5.56 Å². The van der Waals surface area contributed by atoms with Crippen LogP contribution in [-0.4, -0.2) is 23.7 Å². The molecule has 1 heterocycles. The summed E-state index contributed by atoms with van der Waals surface area (Å²) < 4.78 is 4.91. The Kier molecular flexibility index (Phi) is 4.88. The molecule has 0 radical (unpaired) electrons. The van der Waals surface area contributed by atoms with E-state index in [9.17, 15) is 14.9 Å². The van der Waals surface area contributed by atoms with Gasteiger partial charge in [-0.15, -0.1) is 0 Å². The number of anilines is 1. The first-order chi connectivity index (χ1) is 10.5. The molecule has 0 N–H and O–H groups in total. The van der Waals surface area contributed by atoms with Crippen LogP contribution >= 0.6 is 11.8 Å². The minimum absolute atomic E-state index is 0.134. The third kappa shape index (κ3) is 3.00. The van der Waals surface area contributed by atoms with E-state index in [1.165, 1.54) is 16.7 Å². The van der Waals surface area contributed by atoms with E-state index in [1.54, 1.807) is 26.0 Å². The van der Waals surface area contributed by atoms with Gasteiger partial charge in [0.05, 0.1) is 11.9 Å². The number of amides is 1. The fourth-order valence-electron chi connectivity index (χ4n) is 2.05.